The van der Waals surface area contributed by atoms with E-state index >= 15 is 0 Å². The minimum Gasteiger partial charge on any atom is -0.386 e. The lowest BCUT2D eigenvalue weighted by atomic mass is 10.1. The summed E-state index contributed by atoms with van der Waals surface area (Å²) in [4.78, 5) is 1.95. The Balaban J connectivity index is 1.72. The Morgan fingerprint density at radius 2 is 2.08 bits per heavy atom. The number of nitrogens with zero attached hydrogens (tertiary/aromatic N) is 3. The van der Waals surface area contributed by atoms with Gasteiger partial charge in [-0.25, -0.2) is 17.2 Å². The van der Waals surface area contributed by atoms with Crippen LogP contribution in [-0.4, -0.2) is 46.8 Å². The number of rotatable bonds is 5. The van der Waals surface area contributed by atoms with Crippen molar-refractivity contribution in [3.05, 3.63) is 52.9 Å². The fraction of sp³-hybridized carbons (Fsp3) is 0.438. The van der Waals surface area contributed by atoms with Crippen LogP contribution in [-0.2, 0) is 29.5 Å². The van der Waals surface area contributed by atoms with Crippen LogP contribution < -0.4 is 0 Å². The Morgan fingerprint density at radius 1 is 1.32 bits per heavy atom. The molecule has 1 aliphatic heterocycles. The number of aliphatic hydroxyl groups is 1. The second-order valence-corrected chi connectivity index (χ2v) is 8.50. The summed E-state index contributed by atoms with van der Waals surface area (Å²) < 4.78 is 51.4. The zero-order valence-electron chi connectivity index (χ0n) is 13.7. The fourth-order valence-electron chi connectivity index (χ4n) is 2.92. The topological polar surface area (TPSA) is 75.4 Å². The number of hydrogen-bond donors (Lipinski definition) is 1. The summed E-state index contributed by atoms with van der Waals surface area (Å²) >= 11 is 0. The maximum absolute atomic E-state index is 13.8. The Hall–Kier alpha value is -1.84. The molecule has 2 heterocycles. The van der Waals surface area contributed by atoms with Gasteiger partial charge in [0.05, 0.1) is 23.7 Å². The Kier molecular flexibility index (Phi) is 4.90. The SMILES string of the molecule is CS(=O)(=O)C[C@@H](O)c1cc2n(n1)CCN(Cc1cccc(F)c1F)C2. The van der Waals surface area contributed by atoms with Gasteiger partial charge in [-0.2, -0.15) is 5.10 Å². The third-order valence-corrected chi connectivity index (χ3v) is 5.04. The van der Waals surface area contributed by atoms with Crippen LogP contribution in [0.4, 0.5) is 8.78 Å². The highest BCUT2D eigenvalue weighted by molar-refractivity contribution is 7.90. The molecule has 0 spiro atoms. The molecule has 1 N–H and O–H groups in total. The highest BCUT2D eigenvalue weighted by Gasteiger charge is 2.23. The Labute approximate surface area is 144 Å². The number of aromatic nitrogens is 2. The summed E-state index contributed by atoms with van der Waals surface area (Å²) in [5.74, 6) is -2.10. The summed E-state index contributed by atoms with van der Waals surface area (Å²) in [5, 5.41) is 14.3. The largest absolute Gasteiger partial charge is 0.386 e. The molecule has 1 aromatic heterocycles. The minimum absolute atomic E-state index is 0.260. The number of halogens is 2. The summed E-state index contributed by atoms with van der Waals surface area (Å²) in [6, 6.07) is 5.76. The highest BCUT2D eigenvalue weighted by atomic mass is 32.2. The van der Waals surface area contributed by atoms with E-state index in [9.17, 15) is 22.3 Å². The normalized spacial score (nSPS) is 16.6. The summed E-state index contributed by atoms with van der Waals surface area (Å²) in [6.07, 6.45) is -0.121. The second kappa shape index (κ2) is 6.81. The Morgan fingerprint density at radius 3 is 2.80 bits per heavy atom. The van der Waals surface area contributed by atoms with E-state index < -0.39 is 27.6 Å². The first-order valence-electron chi connectivity index (χ1n) is 7.80. The van der Waals surface area contributed by atoms with E-state index in [4.69, 9.17) is 0 Å². The van der Waals surface area contributed by atoms with Crippen molar-refractivity contribution in [1.82, 2.24) is 14.7 Å². The lowest BCUT2D eigenvalue weighted by molar-refractivity contribution is 0.190. The zero-order chi connectivity index (χ0) is 18.2. The number of aliphatic hydroxyl groups excluding tert-OH is 1. The van der Waals surface area contributed by atoms with Crippen LogP contribution in [0.1, 0.15) is 23.1 Å². The molecule has 0 unspecified atom stereocenters. The van der Waals surface area contributed by atoms with Crippen LogP contribution in [0.15, 0.2) is 24.3 Å². The molecule has 0 saturated carbocycles. The first-order chi connectivity index (χ1) is 11.7. The van der Waals surface area contributed by atoms with Crippen molar-refractivity contribution in [1.29, 1.82) is 0 Å². The van der Waals surface area contributed by atoms with Gasteiger partial charge in [-0.05, 0) is 12.1 Å². The maximum Gasteiger partial charge on any atom is 0.163 e. The van der Waals surface area contributed by atoms with Gasteiger partial charge in [0.2, 0.25) is 0 Å². The van der Waals surface area contributed by atoms with Gasteiger partial charge in [0.15, 0.2) is 11.6 Å². The average molecular weight is 371 g/mol. The third kappa shape index (κ3) is 4.23. The smallest absolute Gasteiger partial charge is 0.163 e. The van der Waals surface area contributed by atoms with E-state index in [-0.39, 0.29) is 17.9 Å². The molecule has 0 radical (unpaired) electrons. The lowest BCUT2D eigenvalue weighted by Crippen LogP contribution is -2.33. The average Bonchev–Trinajstić information content (AvgIpc) is 2.94. The van der Waals surface area contributed by atoms with Gasteiger partial charge >= 0.3 is 0 Å². The lowest BCUT2D eigenvalue weighted by Gasteiger charge is -2.27. The fourth-order valence-corrected chi connectivity index (χ4v) is 3.67. The van der Waals surface area contributed by atoms with E-state index in [0.29, 0.717) is 25.3 Å². The summed E-state index contributed by atoms with van der Waals surface area (Å²) in [6.45, 7) is 1.83. The maximum atomic E-state index is 13.8. The molecule has 2 aromatic rings. The van der Waals surface area contributed by atoms with Gasteiger partial charge in [-0.15, -0.1) is 0 Å². The van der Waals surface area contributed by atoms with Crippen LogP contribution in [0.3, 0.4) is 0 Å². The van der Waals surface area contributed by atoms with Crippen molar-refractivity contribution in [2.75, 3.05) is 18.6 Å². The zero-order valence-corrected chi connectivity index (χ0v) is 14.5. The van der Waals surface area contributed by atoms with Gasteiger partial charge in [0.25, 0.3) is 0 Å². The summed E-state index contributed by atoms with van der Waals surface area (Å²) in [5.41, 5.74) is 1.38. The predicted molar refractivity (Wildman–Crippen MR) is 87.4 cm³/mol. The highest BCUT2D eigenvalue weighted by Crippen LogP contribution is 2.21. The molecule has 3 rings (SSSR count). The molecular formula is C16H19F2N3O3S. The minimum atomic E-state index is -3.32. The molecule has 0 saturated heterocycles. The molecule has 1 aromatic carbocycles. The molecule has 0 fully saturated rings. The van der Waals surface area contributed by atoms with Crippen molar-refractivity contribution in [3.8, 4) is 0 Å². The van der Waals surface area contributed by atoms with Crippen LogP contribution in [0.2, 0.25) is 0 Å². The second-order valence-electron chi connectivity index (χ2n) is 6.32. The van der Waals surface area contributed by atoms with Crippen molar-refractivity contribution in [2.45, 2.75) is 25.7 Å². The molecule has 9 heteroatoms. The quantitative estimate of drug-likeness (QED) is 0.856. The van der Waals surface area contributed by atoms with Gasteiger partial charge in [-0.1, -0.05) is 12.1 Å². The Bertz CT molecular complexity index is 883. The van der Waals surface area contributed by atoms with Crippen molar-refractivity contribution in [3.63, 3.8) is 0 Å². The van der Waals surface area contributed by atoms with Crippen LogP contribution in [0, 0.1) is 11.6 Å². The molecule has 0 bridgehead atoms. The van der Waals surface area contributed by atoms with Crippen LogP contribution in [0.25, 0.3) is 0 Å². The molecule has 136 valence electrons. The van der Waals surface area contributed by atoms with Crippen molar-refractivity contribution >= 4 is 9.84 Å². The number of sulfone groups is 1. The molecule has 6 nitrogen and oxygen atoms in total. The van der Waals surface area contributed by atoms with Crippen molar-refractivity contribution in [2.24, 2.45) is 0 Å². The van der Waals surface area contributed by atoms with E-state index in [1.165, 1.54) is 6.07 Å². The van der Waals surface area contributed by atoms with E-state index in [0.717, 1.165) is 18.0 Å². The number of hydrogen-bond acceptors (Lipinski definition) is 5. The van der Waals surface area contributed by atoms with E-state index in [1.54, 1.807) is 16.8 Å². The monoisotopic (exact) mass is 371 g/mol. The van der Waals surface area contributed by atoms with Gasteiger partial charge in [0.1, 0.15) is 15.9 Å². The first-order valence-corrected chi connectivity index (χ1v) is 9.86. The first kappa shape index (κ1) is 18.0. The number of fused-ring (bicyclic) bond motifs is 1. The van der Waals surface area contributed by atoms with E-state index in [2.05, 4.69) is 5.10 Å². The molecule has 0 amide bonds. The van der Waals surface area contributed by atoms with E-state index in [1.807, 2.05) is 4.90 Å². The predicted octanol–water partition coefficient (Wildman–Crippen LogP) is 1.26. The molecule has 0 aliphatic carbocycles. The molecule has 25 heavy (non-hydrogen) atoms. The van der Waals surface area contributed by atoms with Crippen LogP contribution >= 0.6 is 0 Å². The van der Waals surface area contributed by atoms with Crippen LogP contribution in [0.5, 0.6) is 0 Å². The molecule has 1 aliphatic rings. The third-order valence-electron chi connectivity index (χ3n) is 4.12. The van der Waals surface area contributed by atoms with Gasteiger partial charge in [0, 0.05) is 31.5 Å². The standard InChI is InChI=1S/C16H19F2N3O3S/c1-25(23,24)10-15(22)14-7-12-9-20(5-6-21(12)19-14)8-11-3-2-4-13(17)16(11)18/h2-4,7,15,22H,5-6,8-10H2,1H3/t15-/m1/s1. The molecule has 1 atom stereocenters. The van der Waals surface area contributed by atoms with Crippen molar-refractivity contribution < 1.29 is 22.3 Å². The van der Waals surface area contributed by atoms with Gasteiger partial charge < -0.3 is 5.11 Å². The number of benzene rings is 1. The summed E-state index contributed by atoms with van der Waals surface area (Å²) in [7, 11) is -3.32. The van der Waals surface area contributed by atoms with Gasteiger partial charge in [-0.3, -0.25) is 9.58 Å². The molecular weight excluding hydrogens is 352 g/mol.